The van der Waals surface area contributed by atoms with Crippen molar-refractivity contribution in [1.29, 1.82) is 0 Å². The first-order valence-corrected chi connectivity index (χ1v) is 8.63. The van der Waals surface area contributed by atoms with E-state index in [-0.39, 0.29) is 0 Å². The van der Waals surface area contributed by atoms with E-state index in [9.17, 15) is 0 Å². The summed E-state index contributed by atoms with van der Waals surface area (Å²) in [4.78, 5) is 9.18. The van der Waals surface area contributed by atoms with Gasteiger partial charge in [-0.05, 0) is 38.0 Å². The molecule has 0 aliphatic heterocycles. The van der Waals surface area contributed by atoms with Gasteiger partial charge in [-0.25, -0.2) is 9.97 Å². The standard InChI is InChI=1S/C17H30N4/c1-4-11-18-16-12-17(21-15(6-3)20-16)19-14-9-7-13(5-2)8-10-14/h12-14H,4-11H2,1-3H3,(H2,18,19,20,21). The second-order valence-corrected chi connectivity index (χ2v) is 6.11. The monoisotopic (exact) mass is 290 g/mol. The van der Waals surface area contributed by atoms with Crippen LogP contribution < -0.4 is 10.6 Å². The molecule has 1 aliphatic rings. The minimum atomic E-state index is 0.575. The molecular formula is C17H30N4. The fraction of sp³-hybridized carbons (Fsp3) is 0.765. The van der Waals surface area contributed by atoms with E-state index >= 15 is 0 Å². The Morgan fingerprint density at radius 1 is 1.05 bits per heavy atom. The lowest BCUT2D eigenvalue weighted by Gasteiger charge is -2.29. The van der Waals surface area contributed by atoms with Gasteiger partial charge in [0.2, 0.25) is 0 Å². The minimum Gasteiger partial charge on any atom is -0.370 e. The molecule has 0 spiro atoms. The van der Waals surface area contributed by atoms with Crippen LogP contribution in [0.4, 0.5) is 11.6 Å². The van der Waals surface area contributed by atoms with E-state index in [1.54, 1.807) is 0 Å². The van der Waals surface area contributed by atoms with Gasteiger partial charge in [-0.2, -0.15) is 0 Å². The van der Waals surface area contributed by atoms with Gasteiger partial charge in [0, 0.05) is 25.1 Å². The maximum atomic E-state index is 4.63. The smallest absolute Gasteiger partial charge is 0.132 e. The quantitative estimate of drug-likeness (QED) is 0.788. The summed E-state index contributed by atoms with van der Waals surface area (Å²) >= 11 is 0. The van der Waals surface area contributed by atoms with Crippen molar-refractivity contribution in [3.05, 3.63) is 11.9 Å². The zero-order chi connectivity index (χ0) is 15.1. The Labute approximate surface area is 129 Å². The van der Waals surface area contributed by atoms with Crippen LogP contribution in [-0.4, -0.2) is 22.6 Å². The van der Waals surface area contributed by atoms with Crippen molar-refractivity contribution in [3.63, 3.8) is 0 Å². The summed E-state index contributed by atoms with van der Waals surface area (Å²) in [6.07, 6.45) is 8.53. The molecule has 0 atom stereocenters. The first kappa shape index (κ1) is 16.1. The van der Waals surface area contributed by atoms with Crippen LogP contribution >= 0.6 is 0 Å². The molecule has 1 fully saturated rings. The number of anilines is 2. The van der Waals surface area contributed by atoms with Gasteiger partial charge in [0.05, 0.1) is 0 Å². The SMILES string of the molecule is CCCNc1cc(NC2CCC(CC)CC2)nc(CC)n1. The van der Waals surface area contributed by atoms with E-state index in [4.69, 9.17) is 0 Å². The van der Waals surface area contributed by atoms with Gasteiger partial charge in [0.15, 0.2) is 0 Å². The molecule has 2 rings (SSSR count). The van der Waals surface area contributed by atoms with Crippen LogP contribution in [0.3, 0.4) is 0 Å². The van der Waals surface area contributed by atoms with Crippen molar-refractivity contribution in [3.8, 4) is 0 Å². The van der Waals surface area contributed by atoms with Crippen LogP contribution in [0.1, 0.15) is 65.1 Å². The number of nitrogens with one attached hydrogen (secondary N) is 2. The van der Waals surface area contributed by atoms with Crippen LogP contribution in [0.5, 0.6) is 0 Å². The second kappa shape index (κ2) is 8.20. The lowest BCUT2D eigenvalue weighted by atomic mass is 9.84. The van der Waals surface area contributed by atoms with Gasteiger partial charge < -0.3 is 10.6 Å². The predicted octanol–water partition coefficient (Wildman–Crippen LogP) is 4.24. The summed E-state index contributed by atoms with van der Waals surface area (Å²) in [5.41, 5.74) is 0. The normalized spacial score (nSPS) is 22.0. The molecule has 2 N–H and O–H groups in total. The highest BCUT2D eigenvalue weighted by atomic mass is 15.1. The molecule has 4 nitrogen and oxygen atoms in total. The van der Waals surface area contributed by atoms with Gasteiger partial charge in [0.25, 0.3) is 0 Å². The highest BCUT2D eigenvalue weighted by molar-refractivity contribution is 5.48. The molecule has 0 radical (unpaired) electrons. The molecule has 1 saturated carbocycles. The Balaban J connectivity index is 1.98. The van der Waals surface area contributed by atoms with Crippen LogP contribution in [-0.2, 0) is 6.42 Å². The zero-order valence-electron chi connectivity index (χ0n) is 13.8. The van der Waals surface area contributed by atoms with Crippen LogP contribution in [0.2, 0.25) is 0 Å². The predicted molar refractivity (Wildman–Crippen MR) is 89.9 cm³/mol. The van der Waals surface area contributed by atoms with E-state index in [1.165, 1.54) is 32.1 Å². The van der Waals surface area contributed by atoms with E-state index < -0.39 is 0 Å². The number of hydrogen-bond donors (Lipinski definition) is 2. The van der Waals surface area contributed by atoms with Crippen molar-refractivity contribution < 1.29 is 0 Å². The van der Waals surface area contributed by atoms with Crippen molar-refractivity contribution in [2.75, 3.05) is 17.2 Å². The molecule has 1 aromatic heterocycles. The van der Waals surface area contributed by atoms with Crippen molar-refractivity contribution >= 4 is 11.6 Å². The Bertz CT molecular complexity index is 425. The molecular weight excluding hydrogens is 260 g/mol. The highest BCUT2D eigenvalue weighted by Gasteiger charge is 2.20. The van der Waals surface area contributed by atoms with Gasteiger partial charge in [-0.15, -0.1) is 0 Å². The Hall–Kier alpha value is -1.32. The molecule has 118 valence electrons. The Morgan fingerprint density at radius 2 is 1.76 bits per heavy atom. The molecule has 1 heterocycles. The number of aryl methyl sites for hydroxylation is 1. The fourth-order valence-electron chi connectivity index (χ4n) is 3.00. The number of aromatic nitrogens is 2. The fourth-order valence-corrected chi connectivity index (χ4v) is 3.00. The third-order valence-corrected chi connectivity index (χ3v) is 4.42. The van der Waals surface area contributed by atoms with Crippen molar-refractivity contribution in [1.82, 2.24) is 9.97 Å². The van der Waals surface area contributed by atoms with E-state index in [0.717, 1.165) is 42.8 Å². The van der Waals surface area contributed by atoms with E-state index in [1.807, 2.05) is 0 Å². The van der Waals surface area contributed by atoms with Crippen molar-refractivity contribution in [2.45, 2.75) is 71.8 Å². The maximum absolute atomic E-state index is 4.63. The first-order valence-electron chi connectivity index (χ1n) is 8.63. The summed E-state index contributed by atoms with van der Waals surface area (Å²) in [6, 6.07) is 2.63. The number of rotatable bonds is 7. The molecule has 0 bridgehead atoms. The number of hydrogen-bond acceptors (Lipinski definition) is 4. The first-order chi connectivity index (χ1) is 10.2. The second-order valence-electron chi connectivity index (χ2n) is 6.11. The Kier molecular flexibility index (Phi) is 6.27. The van der Waals surface area contributed by atoms with Crippen molar-refractivity contribution in [2.24, 2.45) is 5.92 Å². The summed E-state index contributed by atoms with van der Waals surface area (Å²) in [7, 11) is 0. The lowest BCUT2D eigenvalue weighted by Crippen LogP contribution is -2.26. The Morgan fingerprint density at radius 3 is 2.38 bits per heavy atom. The molecule has 0 aromatic carbocycles. The average molecular weight is 290 g/mol. The lowest BCUT2D eigenvalue weighted by molar-refractivity contribution is 0.330. The summed E-state index contributed by atoms with van der Waals surface area (Å²) < 4.78 is 0. The molecule has 0 amide bonds. The van der Waals surface area contributed by atoms with Crippen LogP contribution in [0.15, 0.2) is 6.07 Å². The molecule has 1 aliphatic carbocycles. The van der Waals surface area contributed by atoms with Gasteiger partial charge in [-0.3, -0.25) is 0 Å². The largest absolute Gasteiger partial charge is 0.370 e. The zero-order valence-corrected chi connectivity index (χ0v) is 13.8. The van der Waals surface area contributed by atoms with E-state index in [0.29, 0.717) is 6.04 Å². The average Bonchev–Trinajstić information content (AvgIpc) is 2.53. The third kappa shape index (κ3) is 4.87. The summed E-state index contributed by atoms with van der Waals surface area (Å²) in [6.45, 7) is 7.54. The third-order valence-electron chi connectivity index (χ3n) is 4.42. The molecule has 4 heteroatoms. The van der Waals surface area contributed by atoms with Gasteiger partial charge >= 0.3 is 0 Å². The topological polar surface area (TPSA) is 49.8 Å². The van der Waals surface area contributed by atoms with Gasteiger partial charge in [0.1, 0.15) is 17.5 Å². The van der Waals surface area contributed by atoms with Gasteiger partial charge in [-0.1, -0.05) is 27.2 Å². The maximum Gasteiger partial charge on any atom is 0.132 e. The highest BCUT2D eigenvalue weighted by Crippen LogP contribution is 2.28. The molecule has 1 aromatic rings. The van der Waals surface area contributed by atoms with Crippen LogP contribution in [0.25, 0.3) is 0 Å². The molecule has 0 saturated heterocycles. The summed E-state index contributed by atoms with van der Waals surface area (Å²) in [5, 5.41) is 7.00. The minimum absolute atomic E-state index is 0.575. The van der Waals surface area contributed by atoms with Crippen LogP contribution in [0, 0.1) is 5.92 Å². The van der Waals surface area contributed by atoms with E-state index in [2.05, 4.69) is 47.4 Å². The summed E-state index contributed by atoms with van der Waals surface area (Å²) in [5.74, 6) is 3.79. The molecule has 0 unspecified atom stereocenters. The molecule has 21 heavy (non-hydrogen) atoms. The number of nitrogens with zero attached hydrogens (tertiary/aromatic N) is 2.